The molecule has 1 rings (SSSR count). The summed E-state index contributed by atoms with van der Waals surface area (Å²) in [5.74, 6) is 0.157. The molecular formula is C13H21NO. The highest BCUT2D eigenvalue weighted by Crippen LogP contribution is 2.40. The molecule has 0 aromatic carbocycles. The Hall–Kier alpha value is -1.05. The summed E-state index contributed by atoms with van der Waals surface area (Å²) in [4.78, 5) is 12.0. The predicted molar refractivity (Wildman–Crippen MR) is 63.3 cm³/mol. The average molecular weight is 207 g/mol. The molecule has 0 spiro atoms. The zero-order chi connectivity index (χ0) is 11.6. The van der Waals surface area contributed by atoms with Crippen molar-refractivity contribution in [3.05, 3.63) is 23.4 Å². The Morgan fingerprint density at radius 2 is 2.13 bits per heavy atom. The number of Topliss-reactive ketones (excluding diaryl/α,β-unsaturated/α-hetero) is 1. The largest absolute Gasteiger partial charge is 0.402 e. The number of ketones is 1. The van der Waals surface area contributed by atoms with Crippen LogP contribution in [0, 0.1) is 5.41 Å². The summed E-state index contributed by atoms with van der Waals surface area (Å²) in [5, 5.41) is 0. The number of allylic oxidation sites excluding steroid dienone is 3. The van der Waals surface area contributed by atoms with Crippen LogP contribution in [0.15, 0.2) is 23.4 Å². The van der Waals surface area contributed by atoms with Gasteiger partial charge in [0.2, 0.25) is 0 Å². The van der Waals surface area contributed by atoms with E-state index in [9.17, 15) is 4.79 Å². The molecule has 0 aliphatic heterocycles. The van der Waals surface area contributed by atoms with Crippen molar-refractivity contribution >= 4 is 5.78 Å². The summed E-state index contributed by atoms with van der Waals surface area (Å²) in [6.07, 6.45) is 3.60. The first kappa shape index (κ1) is 12.0. The van der Waals surface area contributed by atoms with Gasteiger partial charge in [0.05, 0.1) is 0 Å². The molecule has 0 heterocycles. The van der Waals surface area contributed by atoms with Crippen molar-refractivity contribution in [1.82, 2.24) is 0 Å². The highest BCUT2D eigenvalue weighted by Gasteiger charge is 2.32. The van der Waals surface area contributed by atoms with Crippen molar-refractivity contribution < 1.29 is 4.79 Å². The van der Waals surface area contributed by atoms with Gasteiger partial charge >= 0.3 is 0 Å². The SMILES string of the molecule is C=C(N)CC(=O)C1=C(C)CCCC1(C)C. The van der Waals surface area contributed by atoms with Crippen LogP contribution in [0.2, 0.25) is 0 Å². The number of rotatable bonds is 3. The quantitative estimate of drug-likeness (QED) is 0.773. The van der Waals surface area contributed by atoms with Crippen molar-refractivity contribution in [1.29, 1.82) is 0 Å². The number of carbonyl (C=O) groups excluding carboxylic acids is 1. The van der Waals surface area contributed by atoms with E-state index in [0.29, 0.717) is 5.70 Å². The topological polar surface area (TPSA) is 43.1 Å². The Bertz CT molecular complexity index is 323. The Balaban J connectivity index is 2.98. The van der Waals surface area contributed by atoms with Gasteiger partial charge in [-0.05, 0) is 31.6 Å². The van der Waals surface area contributed by atoms with Crippen LogP contribution in [0.4, 0.5) is 0 Å². The molecule has 0 aromatic rings. The number of nitrogens with two attached hydrogens (primary N) is 1. The molecule has 0 bridgehead atoms. The van der Waals surface area contributed by atoms with Crippen LogP contribution in [0.1, 0.15) is 46.5 Å². The Morgan fingerprint density at radius 1 is 1.53 bits per heavy atom. The number of carbonyl (C=O) groups is 1. The van der Waals surface area contributed by atoms with Crippen molar-refractivity contribution in [3.8, 4) is 0 Å². The van der Waals surface area contributed by atoms with Crippen LogP contribution < -0.4 is 5.73 Å². The van der Waals surface area contributed by atoms with E-state index in [-0.39, 0.29) is 17.6 Å². The molecule has 0 saturated heterocycles. The summed E-state index contributed by atoms with van der Waals surface area (Å²) in [6.45, 7) is 9.94. The molecule has 2 heteroatoms. The number of hydrogen-bond donors (Lipinski definition) is 1. The van der Waals surface area contributed by atoms with Gasteiger partial charge in [-0.25, -0.2) is 0 Å². The van der Waals surface area contributed by atoms with Gasteiger partial charge in [-0.3, -0.25) is 4.79 Å². The van der Waals surface area contributed by atoms with E-state index in [1.807, 2.05) is 0 Å². The van der Waals surface area contributed by atoms with E-state index in [0.717, 1.165) is 18.4 Å². The Morgan fingerprint density at radius 3 is 2.60 bits per heavy atom. The first-order valence-corrected chi connectivity index (χ1v) is 5.51. The van der Waals surface area contributed by atoms with Gasteiger partial charge in [0.1, 0.15) is 0 Å². The summed E-state index contributed by atoms with van der Waals surface area (Å²) < 4.78 is 0. The number of hydrogen-bond acceptors (Lipinski definition) is 2. The monoisotopic (exact) mass is 207 g/mol. The highest BCUT2D eigenvalue weighted by atomic mass is 16.1. The van der Waals surface area contributed by atoms with E-state index < -0.39 is 0 Å². The average Bonchev–Trinajstić information content (AvgIpc) is 1.99. The third kappa shape index (κ3) is 2.71. The van der Waals surface area contributed by atoms with Gasteiger partial charge in [-0.1, -0.05) is 26.0 Å². The lowest BCUT2D eigenvalue weighted by Gasteiger charge is -2.33. The van der Waals surface area contributed by atoms with Crippen LogP contribution in [-0.4, -0.2) is 5.78 Å². The molecule has 0 radical (unpaired) electrons. The minimum atomic E-state index is 0.00880. The van der Waals surface area contributed by atoms with E-state index in [2.05, 4.69) is 27.4 Å². The van der Waals surface area contributed by atoms with Crippen LogP contribution in [0.5, 0.6) is 0 Å². The fourth-order valence-electron chi connectivity index (χ4n) is 2.53. The van der Waals surface area contributed by atoms with Crippen molar-refractivity contribution in [2.24, 2.45) is 11.1 Å². The molecule has 2 N–H and O–H groups in total. The molecule has 0 atom stereocenters. The van der Waals surface area contributed by atoms with Crippen LogP contribution in [-0.2, 0) is 4.79 Å². The lowest BCUT2D eigenvalue weighted by molar-refractivity contribution is -0.116. The summed E-state index contributed by atoms with van der Waals surface area (Å²) in [5.41, 5.74) is 8.19. The van der Waals surface area contributed by atoms with Gasteiger partial charge in [0.15, 0.2) is 5.78 Å². The zero-order valence-corrected chi connectivity index (χ0v) is 10.0. The molecule has 1 aliphatic carbocycles. The smallest absolute Gasteiger partial charge is 0.165 e. The van der Waals surface area contributed by atoms with Crippen molar-refractivity contribution in [2.75, 3.05) is 0 Å². The standard InChI is InChI=1S/C13H21NO/c1-9-6-5-7-13(3,4)12(9)11(15)8-10(2)14/h2,5-8,14H2,1,3-4H3. The van der Waals surface area contributed by atoms with Gasteiger partial charge in [-0.2, -0.15) is 0 Å². The van der Waals surface area contributed by atoms with Gasteiger partial charge < -0.3 is 5.73 Å². The van der Waals surface area contributed by atoms with Crippen LogP contribution in [0.3, 0.4) is 0 Å². The minimum absolute atomic E-state index is 0.00880. The Labute approximate surface area is 92.2 Å². The summed E-state index contributed by atoms with van der Waals surface area (Å²) in [6, 6.07) is 0. The third-order valence-corrected chi connectivity index (χ3v) is 3.12. The fraction of sp³-hybridized carbons (Fsp3) is 0.615. The fourth-order valence-corrected chi connectivity index (χ4v) is 2.53. The lowest BCUT2D eigenvalue weighted by atomic mass is 9.70. The normalized spacial score (nSPS) is 20.2. The van der Waals surface area contributed by atoms with E-state index >= 15 is 0 Å². The van der Waals surface area contributed by atoms with Crippen LogP contribution >= 0.6 is 0 Å². The van der Waals surface area contributed by atoms with Gasteiger partial charge in [0.25, 0.3) is 0 Å². The van der Waals surface area contributed by atoms with Gasteiger partial charge in [0, 0.05) is 17.7 Å². The second-order valence-electron chi connectivity index (χ2n) is 5.15. The first-order chi connectivity index (χ1) is 6.84. The van der Waals surface area contributed by atoms with E-state index in [1.54, 1.807) is 0 Å². The Kier molecular flexibility index (Phi) is 3.38. The maximum absolute atomic E-state index is 12.0. The molecule has 0 aromatic heterocycles. The summed E-state index contributed by atoms with van der Waals surface area (Å²) in [7, 11) is 0. The second-order valence-corrected chi connectivity index (χ2v) is 5.15. The molecule has 0 unspecified atom stereocenters. The lowest BCUT2D eigenvalue weighted by Crippen LogP contribution is -2.26. The maximum Gasteiger partial charge on any atom is 0.165 e. The van der Waals surface area contributed by atoms with E-state index in [4.69, 9.17) is 5.73 Å². The van der Waals surface area contributed by atoms with Gasteiger partial charge in [-0.15, -0.1) is 0 Å². The molecule has 1 aliphatic rings. The minimum Gasteiger partial charge on any atom is -0.402 e. The molecule has 0 fully saturated rings. The van der Waals surface area contributed by atoms with E-state index in [1.165, 1.54) is 12.0 Å². The predicted octanol–water partition coefficient (Wildman–Crippen LogP) is 2.94. The van der Waals surface area contributed by atoms with Crippen molar-refractivity contribution in [3.63, 3.8) is 0 Å². The van der Waals surface area contributed by atoms with Crippen molar-refractivity contribution in [2.45, 2.75) is 46.5 Å². The molecular weight excluding hydrogens is 186 g/mol. The maximum atomic E-state index is 12.0. The highest BCUT2D eigenvalue weighted by molar-refractivity contribution is 5.98. The second kappa shape index (κ2) is 4.21. The molecule has 2 nitrogen and oxygen atoms in total. The summed E-state index contributed by atoms with van der Waals surface area (Å²) >= 11 is 0. The zero-order valence-electron chi connectivity index (χ0n) is 10.0. The third-order valence-electron chi connectivity index (χ3n) is 3.12. The molecule has 0 amide bonds. The molecule has 15 heavy (non-hydrogen) atoms. The first-order valence-electron chi connectivity index (χ1n) is 5.51. The molecule has 84 valence electrons. The molecule has 0 saturated carbocycles. The van der Waals surface area contributed by atoms with Crippen LogP contribution in [0.25, 0.3) is 0 Å².